The highest BCUT2D eigenvalue weighted by Crippen LogP contribution is 2.29. The number of pyridine rings is 1. The van der Waals surface area contributed by atoms with Gasteiger partial charge >= 0.3 is 0 Å². The molecular formula is C20H20N4O3. The van der Waals surface area contributed by atoms with E-state index in [-0.39, 0.29) is 17.4 Å². The molecule has 1 fully saturated rings. The lowest BCUT2D eigenvalue weighted by atomic mass is 9.96. The number of aromatic nitrogens is 3. The average Bonchev–Trinajstić information content (AvgIpc) is 3.20. The molecule has 0 N–H and O–H groups in total. The molecule has 0 unspecified atom stereocenters. The number of amides is 1. The van der Waals surface area contributed by atoms with Crippen LogP contribution < -0.4 is 5.56 Å². The number of likely N-dealkylation sites (tertiary alicyclic amines) is 1. The molecular weight excluding hydrogens is 344 g/mol. The van der Waals surface area contributed by atoms with Crippen LogP contribution in [0.25, 0.3) is 11.4 Å². The molecule has 27 heavy (non-hydrogen) atoms. The van der Waals surface area contributed by atoms with Crippen molar-refractivity contribution in [2.45, 2.75) is 18.8 Å². The van der Waals surface area contributed by atoms with Crippen LogP contribution in [0.2, 0.25) is 0 Å². The largest absolute Gasteiger partial charge is 0.339 e. The molecule has 1 amide bonds. The Kier molecular flexibility index (Phi) is 4.58. The number of carbonyl (C=O) groups is 1. The van der Waals surface area contributed by atoms with Crippen LogP contribution in [0, 0.1) is 0 Å². The van der Waals surface area contributed by atoms with Gasteiger partial charge in [-0.1, -0.05) is 23.4 Å². The highest BCUT2D eigenvalue weighted by atomic mass is 16.5. The van der Waals surface area contributed by atoms with Crippen molar-refractivity contribution < 1.29 is 9.32 Å². The van der Waals surface area contributed by atoms with Crippen molar-refractivity contribution in [3.8, 4) is 11.4 Å². The lowest BCUT2D eigenvalue weighted by Gasteiger charge is -2.30. The van der Waals surface area contributed by atoms with Gasteiger partial charge in [0.2, 0.25) is 17.3 Å². The zero-order valence-electron chi connectivity index (χ0n) is 15.0. The molecule has 0 bridgehead atoms. The Morgan fingerprint density at radius 1 is 1.11 bits per heavy atom. The second-order valence-corrected chi connectivity index (χ2v) is 6.76. The molecule has 0 saturated carbocycles. The Morgan fingerprint density at radius 2 is 1.85 bits per heavy atom. The molecule has 7 heteroatoms. The summed E-state index contributed by atoms with van der Waals surface area (Å²) in [5.74, 6) is 1.26. The van der Waals surface area contributed by atoms with E-state index in [0.29, 0.717) is 30.4 Å². The lowest BCUT2D eigenvalue weighted by Crippen LogP contribution is -2.37. The predicted octanol–water partition coefficient (Wildman–Crippen LogP) is 2.46. The molecule has 0 spiro atoms. The predicted molar refractivity (Wildman–Crippen MR) is 99.3 cm³/mol. The molecule has 1 aromatic carbocycles. The summed E-state index contributed by atoms with van der Waals surface area (Å²) in [5.41, 5.74) is 1.37. The van der Waals surface area contributed by atoms with Crippen LogP contribution >= 0.6 is 0 Å². The van der Waals surface area contributed by atoms with Crippen LogP contribution in [0.15, 0.2) is 58.0 Å². The van der Waals surface area contributed by atoms with Crippen molar-refractivity contribution in [3.63, 3.8) is 0 Å². The fourth-order valence-corrected chi connectivity index (χ4v) is 3.34. The summed E-state index contributed by atoms with van der Waals surface area (Å²) in [4.78, 5) is 30.4. The molecule has 1 aliphatic heterocycles. The van der Waals surface area contributed by atoms with Gasteiger partial charge in [-0.2, -0.15) is 4.98 Å². The van der Waals surface area contributed by atoms with Crippen LogP contribution in [0.5, 0.6) is 0 Å². The number of carbonyl (C=O) groups excluding carboxylic acids is 1. The molecule has 0 radical (unpaired) electrons. The van der Waals surface area contributed by atoms with E-state index in [1.807, 2.05) is 35.2 Å². The molecule has 7 nitrogen and oxygen atoms in total. The van der Waals surface area contributed by atoms with Gasteiger partial charge in [-0.25, -0.2) is 0 Å². The van der Waals surface area contributed by atoms with Gasteiger partial charge < -0.3 is 14.0 Å². The van der Waals surface area contributed by atoms with E-state index >= 15 is 0 Å². The van der Waals surface area contributed by atoms with Crippen LogP contribution in [0.1, 0.15) is 35.0 Å². The Labute approximate surface area is 156 Å². The van der Waals surface area contributed by atoms with Gasteiger partial charge in [0.15, 0.2) is 0 Å². The molecule has 0 atom stereocenters. The highest BCUT2D eigenvalue weighted by molar-refractivity contribution is 5.94. The summed E-state index contributed by atoms with van der Waals surface area (Å²) in [6, 6.07) is 12.5. The van der Waals surface area contributed by atoms with Gasteiger partial charge in [0.05, 0.1) is 0 Å². The Hall–Kier alpha value is -3.22. The molecule has 3 aromatic rings. The molecule has 2 aromatic heterocycles. The zero-order valence-corrected chi connectivity index (χ0v) is 15.0. The third kappa shape index (κ3) is 3.53. The van der Waals surface area contributed by atoms with Crippen molar-refractivity contribution in [2.24, 2.45) is 7.05 Å². The maximum Gasteiger partial charge on any atom is 0.253 e. The summed E-state index contributed by atoms with van der Waals surface area (Å²) < 4.78 is 6.94. The second-order valence-electron chi connectivity index (χ2n) is 6.76. The van der Waals surface area contributed by atoms with Gasteiger partial charge in [0, 0.05) is 49.4 Å². The fraction of sp³-hybridized carbons (Fsp3) is 0.300. The molecule has 138 valence electrons. The van der Waals surface area contributed by atoms with Crippen LogP contribution in [-0.2, 0) is 7.05 Å². The van der Waals surface area contributed by atoms with Crippen molar-refractivity contribution in [1.82, 2.24) is 19.6 Å². The summed E-state index contributed by atoms with van der Waals surface area (Å²) in [5, 5.41) is 4.05. The standard InChI is InChI=1S/C20H20N4O3/c1-23-13-16(7-8-17(23)25)18-21-19(27-22-18)14-9-11-24(12-10-14)20(26)15-5-3-2-4-6-15/h2-8,13-14H,9-12H2,1H3. The van der Waals surface area contributed by atoms with Crippen LogP contribution in [0.4, 0.5) is 0 Å². The average molecular weight is 364 g/mol. The molecule has 0 aliphatic carbocycles. The molecule has 4 rings (SSSR count). The van der Waals surface area contributed by atoms with E-state index in [9.17, 15) is 9.59 Å². The summed E-state index contributed by atoms with van der Waals surface area (Å²) in [6.45, 7) is 1.33. The smallest absolute Gasteiger partial charge is 0.253 e. The summed E-state index contributed by atoms with van der Waals surface area (Å²) in [7, 11) is 1.69. The summed E-state index contributed by atoms with van der Waals surface area (Å²) >= 11 is 0. The van der Waals surface area contributed by atoms with Gasteiger partial charge in [0.25, 0.3) is 5.91 Å². The minimum Gasteiger partial charge on any atom is -0.339 e. The quantitative estimate of drug-likeness (QED) is 0.713. The number of nitrogens with zero attached hydrogens (tertiary/aromatic N) is 4. The normalized spacial score (nSPS) is 15.1. The number of hydrogen-bond donors (Lipinski definition) is 0. The zero-order chi connectivity index (χ0) is 18.8. The fourth-order valence-electron chi connectivity index (χ4n) is 3.34. The van der Waals surface area contributed by atoms with Crippen molar-refractivity contribution in [2.75, 3.05) is 13.1 Å². The summed E-state index contributed by atoms with van der Waals surface area (Å²) in [6.07, 6.45) is 3.26. The number of piperidine rings is 1. The van der Waals surface area contributed by atoms with Gasteiger partial charge in [-0.3, -0.25) is 9.59 Å². The SMILES string of the molecule is Cn1cc(-c2noc(C3CCN(C(=O)c4ccccc4)CC3)n2)ccc1=O. The van der Waals surface area contributed by atoms with E-state index in [4.69, 9.17) is 4.52 Å². The third-order valence-corrected chi connectivity index (χ3v) is 4.94. The van der Waals surface area contributed by atoms with Crippen molar-refractivity contribution in [1.29, 1.82) is 0 Å². The van der Waals surface area contributed by atoms with Gasteiger partial charge in [-0.15, -0.1) is 0 Å². The Balaban J connectivity index is 1.43. The molecule has 1 saturated heterocycles. The lowest BCUT2D eigenvalue weighted by molar-refractivity contribution is 0.0704. The van der Waals surface area contributed by atoms with Crippen LogP contribution in [-0.4, -0.2) is 38.6 Å². The van der Waals surface area contributed by atoms with Gasteiger partial charge in [0.1, 0.15) is 0 Å². The van der Waals surface area contributed by atoms with Gasteiger partial charge in [-0.05, 0) is 31.0 Å². The second kappa shape index (κ2) is 7.19. The van der Waals surface area contributed by atoms with Crippen LogP contribution in [0.3, 0.4) is 0 Å². The number of rotatable bonds is 3. The minimum absolute atomic E-state index is 0.0606. The van der Waals surface area contributed by atoms with E-state index in [0.717, 1.165) is 18.4 Å². The molecule has 3 heterocycles. The molecule has 1 aliphatic rings. The van der Waals surface area contributed by atoms with Crippen molar-refractivity contribution in [3.05, 3.63) is 70.5 Å². The first-order valence-electron chi connectivity index (χ1n) is 8.97. The highest BCUT2D eigenvalue weighted by Gasteiger charge is 2.28. The minimum atomic E-state index is -0.0853. The van der Waals surface area contributed by atoms with E-state index in [2.05, 4.69) is 10.1 Å². The van der Waals surface area contributed by atoms with E-state index < -0.39 is 0 Å². The first-order chi connectivity index (χ1) is 13.1. The topological polar surface area (TPSA) is 81.2 Å². The van der Waals surface area contributed by atoms with Crippen molar-refractivity contribution >= 4 is 5.91 Å². The Bertz CT molecular complexity index is 1000. The van der Waals surface area contributed by atoms with E-state index in [1.165, 1.54) is 10.6 Å². The third-order valence-electron chi connectivity index (χ3n) is 4.94. The van der Waals surface area contributed by atoms with E-state index in [1.54, 1.807) is 19.3 Å². The number of benzene rings is 1. The monoisotopic (exact) mass is 364 g/mol. The maximum atomic E-state index is 12.5. The number of hydrogen-bond acceptors (Lipinski definition) is 5. The number of aryl methyl sites for hydroxylation is 1. The Morgan fingerprint density at radius 3 is 2.56 bits per heavy atom. The first kappa shape index (κ1) is 17.2. The maximum absolute atomic E-state index is 12.5. The first-order valence-corrected chi connectivity index (χ1v) is 8.97.